The molecule has 7 rings (SSSR count). The van der Waals surface area contributed by atoms with Crippen LogP contribution in [0.4, 0.5) is 30.6 Å². The van der Waals surface area contributed by atoms with Crippen LogP contribution >= 0.6 is 0 Å². The summed E-state index contributed by atoms with van der Waals surface area (Å²) in [6, 6.07) is 10.9. The van der Waals surface area contributed by atoms with Crippen LogP contribution in [0.2, 0.25) is 0 Å². The fraction of sp³-hybridized carbons (Fsp3) is 0.310. The summed E-state index contributed by atoms with van der Waals surface area (Å²) >= 11 is 0. The van der Waals surface area contributed by atoms with Crippen LogP contribution in [0, 0.1) is 5.82 Å². The topological polar surface area (TPSA) is 127 Å². The number of hydrogen-bond acceptors (Lipinski definition) is 10. The zero-order valence-electron chi connectivity index (χ0n) is 23.0. The molecule has 1 atom stereocenters. The number of sulfone groups is 1. The second-order valence-corrected chi connectivity index (χ2v) is 12.7. The van der Waals surface area contributed by atoms with Crippen LogP contribution in [-0.4, -0.2) is 73.8 Å². The Morgan fingerprint density at radius 2 is 1.89 bits per heavy atom. The van der Waals surface area contributed by atoms with E-state index in [2.05, 4.69) is 10.3 Å². The summed E-state index contributed by atoms with van der Waals surface area (Å²) in [7, 11) is -4.53. The molecule has 4 aromatic rings. The molecule has 1 amide bonds. The fourth-order valence-corrected chi connectivity index (χ4v) is 6.62. The third-order valence-electron chi connectivity index (χ3n) is 7.69. The molecule has 1 fully saturated rings. The average Bonchev–Trinajstić information content (AvgIpc) is 3.12. The summed E-state index contributed by atoms with van der Waals surface area (Å²) in [5.74, 6) is 0.685. The van der Waals surface area contributed by atoms with Gasteiger partial charge in [0.1, 0.15) is 30.2 Å². The molecule has 1 aromatic carbocycles. The molecule has 228 valence electrons. The summed E-state index contributed by atoms with van der Waals surface area (Å²) in [6.07, 6.45) is 0.735. The van der Waals surface area contributed by atoms with Crippen LogP contribution in [0.5, 0.6) is 5.75 Å². The maximum atomic E-state index is 14.8. The molecule has 3 aliphatic heterocycles. The molecule has 3 aromatic heterocycles. The SMILES string of the molecule is O=C(NCc1cc2nc(N3CCOc4ccc(N5CC(F)C5)nc43)ccc2cn1)c1cc(F)c2c(c1)S(=O)(=O)[C@@H](F)COC2. The van der Waals surface area contributed by atoms with Gasteiger partial charge in [0, 0.05) is 22.7 Å². The van der Waals surface area contributed by atoms with Crippen molar-refractivity contribution < 1.29 is 35.9 Å². The second kappa shape index (κ2) is 10.9. The summed E-state index contributed by atoms with van der Waals surface area (Å²) in [5, 5.41) is 3.35. The van der Waals surface area contributed by atoms with Gasteiger partial charge in [0.05, 0.1) is 55.5 Å². The number of benzene rings is 1. The summed E-state index contributed by atoms with van der Waals surface area (Å²) in [4.78, 5) is 30.0. The molecule has 0 unspecified atom stereocenters. The Hall–Kier alpha value is -4.50. The number of carbonyl (C=O) groups is 1. The Morgan fingerprint density at radius 1 is 1.07 bits per heavy atom. The number of nitrogens with one attached hydrogen (secondary N) is 1. The summed E-state index contributed by atoms with van der Waals surface area (Å²) in [5.41, 5.74) is -1.93. The largest absolute Gasteiger partial charge is 0.488 e. The quantitative estimate of drug-likeness (QED) is 0.352. The minimum atomic E-state index is -4.53. The molecule has 0 spiro atoms. The number of ether oxygens (including phenoxy) is 2. The average molecular weight is 627 g/mol. The van der Waals surface area contributed by atoms with E-state index in [1.54, 1.807) is 18.3 Å². The third-order valence-corrected chi connectivity index (χ3v) is 9.48. The molecular formula is C29H25F3N6O5S. The van der Waals surface area contributed by atoms with E-state index in [1.165, 1.54) is 0 Å². The van der Waals surface area contributed by atoms with Gasteiger partial charge in [-0.25, -0.2) is 31.6 Å². The maximum Gasteiger partial charge on any atom is 0.251 e. The van der Waals surface area contributed by atoms with Crippen molar-refractivity contribution in [3.63, 3.8) is 0 Å². The zero-order valence-corrected chi connectivity index (χ0v) is 23.9. The Morgan fingerprint density at radius 3 is 2.70 bits per heavy atom. The third kappa shape index (κ3) is 5.05. The fourth-order valence-electron chi connectivity index (χ4n) is 5.28. The van der Waals surface area contributed by atoms with Crippen molar-refractivity contribution >= 4 is 44.1 Å². The monoisotopic (exact) mass is 626 g/mol. The zero-order chi connectivity index (χ0) is 30.6. The molecule has 1 saturated heterocycles. The number of anilines is 3. The van der Waals surface area contributed by atoms with E-state index < -0.39 is 51.3 Å². The van der Waals surface area contributed by atoms with Gasteiger partial charge in [0.2, 0.25) is 15.3 Å². The smallest absolute Gasteiger partial charge is 0.251 e. The van der Waals surface area contributed by atoms with Crippen molar-refractivity contribution in [1.29, 1.82) is 0 Å². The predicted molar refractivity (Wildman–Crippen MR) is 153 cm³/mol. The molecule has 0 bridgehead atoms. The Kier molecular flexibility index (Phi) is 7.00. The van der Waals surface area contributed by atoms with E-state index in [0.717, 1.165) is 17.5 Å². The lowest BCUT2D eigenvalue weighted by molar-refractivity contribution is 0.0938. The number of amides is 1. The van der Waals surface area contributed by atoms with E-state index in [9.17, 15) is 26.4 Å². The number of fused-ring (bicyclic) bond motifs is 3. The molecule has 15 heteroatoms. The Bertz CT molecular complexity index is 1910. The van der Waals surface area contributed by atoms with Gasteiger partial charge in [0.15, 0.2) is 11.6 Å². The first-order valence-corrected chi connectivity index (χ1v) is 15.3. The normalized spacial score (nSPS) is 19.4. The van der Waals surface area contributed by atoms with Crippen LogP contribution in [0.1, 0.15) is 21.6 Å². The van der Waals surface area contributed by atoms with Gasteiger partial charge in [-0.1, -0.05) is 0 Å². The highest BCUT2D eigenvalue weighted by molar-refractivity contribution is 7.92. The van der Waals surface area contributed by atoms with Crippen molar-refractivity contribution in [1.82, 2.24) is 20.3 Å². The van der Waals surface area contributed by atoms with E-state index >= 15 is 0 Å². The lowest BCUT2D eigenvalue weighted by Gasteiger charge is -2.37. The van der Waals surface area contributed by atoms with Crippen LogP contribution in [0.3, 0.4) is 0 Å². The number of halogens is 3. The number of aromatic nitrogens is 3. The first-order valence-electron chi connectivity index (χ1n) is 13.8. The highest BCUT2D eigenvalue weighted by Gasteiger charge is 2.35. The van der Waals surface area contributed by atoms with Gasteiger partial charge < -0.3 is 24.6 Å². The molecule has 44 heavy (non-hydrogen) atoms. The highest BCUT2D eigenvalue weighted by atomic mass is 32.2. The van der Waals surface area contributed by atoms with Crippen molar-refractivity contribution in [3.8, 4) is 5.75 Å². The number of carbonyl (C=O) groups excluding carboxylic acids is 1. The lowest BCUT2D eigenvalue weighted by Crippen LogP contribution is -2.49. The summed E-state index contributed by atoms with van der Waals surface area (Å²) < 4.78 is 78.2. The van der Waals surface area contributed by atoms with Crippen molar-refractivity contribution in [3.05, 3.63) is 71.3 Å². The van der Waals surface area contributed by atoms with Crippen molar-refractivity contribution in [2.75, 3.05) is 42.6 Å². The van der Waals surface area contributed by atoms with Crippen molar-refractivity contribution in [2.45, 2.75) is 29.7 Å². The Balaban J connectivity index is 1.12. The number of pyridine rings is 3. The van der Waals surface area contributed by atoms with Gasteiger partial charge in [0.25, 0.3) is 5.91 Å². The molecule has 11 nitrogen and oxygen atoms in total. The van der Waals surface area contributed by atoms with E-state index in [1.807, 2.05) is 28.0 Å². The Labute approximate surface area is 249 Å². The molecular weight excluding hydrogens is 601 g/mol. The molecule has 0 radical (unpaired) electrons. The van der Waals surface area contributed by atoms with E-state index in [4.69, 9.17) is 19.4 Å². The van der Waals surface area contributed by atoms with Crippen LogP contribution in [-0.2, 0) is 27.7 Å². The minimum Gasteiger partial charge on any atom is -0.488 e. The molecule has 0 aliphatic carbocycles. The maximum absolute atomic E-state index is 14.8. The van der Waals surface area contributed by atoms with Gasteiger partial charge >= 0.3 is 0 Å². The van der Waals surface area contributed by atoms with E-state index in [-0.39, 0.29) is 17.7 Å². The first kappa shape index (κ1) is 28.3. The lowest BCUT2D eigenvalue weighted by atomic mass is 10.1. The number of hydrogen-bond donors (Lipinski definition) is 1. The number of nitrogens with zero attached hydrogens (tertiary/aromatic N) is 5. The van der Waals surface area contributed by atoms with Gasteiger partial charge in [-0.2, -0.15) is 0 Å². The standard InChI is InChI=1S/C29H25F3N6O5S/c30-18-12-37(13-18)26-4-2-23-28(36-26)38(5-6-43-23)27-3-1-16-10-33-19(9-22(16)35-27)11-34-29(39)17-7-21(31)20-14-42-15-25(32)44(40,41)24(20)8-17/h1-4,7-10,18,25H,5-6,11-15H2,(H,34,39)/t25-/m1/s1. The number of alkyl halides is 2. The number of rotatable bonds is 5. The molecule has 3 aliphatic rings. The van der Waals surface area contributed by atoms with E-state index in [0.29, 0.717) is 60.7 Å². The van der Waals surface area contributed by atoms with Crippen LogP contribution in [0.15, 0.2) is 53.6 Å². The van der Waals surface area contributed by atoms with Crippen LogP contribution < -0.4 is 19.9 Å². The molecule has 1 N–H and O–H groups in total. The second-order valence-electron chi connectivity index (χ2n) is 10.6. The first-order chi connectivity index (χ1) is 21.2. The predicted octanol–water partition coefficient (Wildman–Crippen LogP) is 3.38. The minimum absolute atomic E-state index is 0.0717. The van der Waals surface area contributed by atoms with Gasteiger partial charge in [-0.3, -0.25) is 9.78 Å². The van der Waals surface area contributed by atoms with Gasteiger partial charge in [-0.15, -0.1) is 0 Å². The van der Waals surface area contributed by atoms with Gasteiger partial charge in [-0.05, 0) is 42.5 Å². The van der Waals surface area contributed by atoms with Crippen molar-refractivity contribution in [2.24, 2.45) is 0 Å². The van der Waals surface area contributed by atoms with Crippen LogP contribution in [0.25, 0.3) is 10.9 Å². The summed E-state index contributed by atoms with van der Waals surface area (Å²) in [6.45, 7) is 0.269. The molecule has 6 heterocycles. The highest BCUT2D eigenvalue weighted by Crippen LogP contribution is 2.37. The molecule has 0 saturated carbocycles.